The van der Waals surface area contributed by atoms with Gasteiger partial charge >= 0.3 is 8.56 Å². The lowest BCUT2D eigenvalue weighted by Crippen LogP contribution is -2.52. The number of aromatic nitrogens is 4. The Morgan fingerprint density at radius 1 is 0.455 bits per heavy atom. The van der Waals surface area contributed by atoms with Crippen molar-refractivity contribution in [1.29, 1.82) is 0 Å². The number of fused-ring (bicyclic) bond motifs is 4. The molecule has 4 aromatic heterocycles. The summed E-state index contributed by atoms with van der Waals surface area (Å²) in [6, 6.07) is 6.67. The Labute approximate surface area is 316 Å². The molecular formula is C38H44N4O10Si3. The smallest absolute Gasteiger partial charge is 0.311 e. The molecule has 0 saturated carbocycles. The molecule has 0 atom stereocenters. The number of benzene rings is 2. The average Bonchev–Trinajstić information content (AvgIpc) is 3.67. The Hall–Kier alpha value is -4.95. The van der Waals surface area contributed by atoms with Crippen LogP contribution < -0.4 is 44.5 Å². The van der Waals surface area contributed by atoms with E-state index in [2.05, 4.69) is 39.3 Å². The number of nitrogens with zero attached hydrogens (tertiary/aromatic N) is 4. The van der Waals surface area contributed by atoms with Crippen LogP contribution in [-0.2, 0) is 34.4 Å². The van der Waals surface area contributed by atoms with Crippen LogP contribution in [0, 0.1) is 0 Å². The monoisotopic (exact) mass is 800 g/mol. The standard InChI is InChI=1S/C38H44N4O10Si3/c1-9-13-39-31(43)23-19-27-28(20-24(23)32(39)44)36(48)41(35(27)47)15-11-17-53(3,4)51-55(7,8)52-54(5,6)18-12-16-42-37(49)29-21-25-26(22-30(29)38(42)50)34(46)40(14-10-2)33(25)45/h9-10,19-22H,1-2,11-18H2,3-8H3. The fraction of sp³-hybridized carbons (Fsp3) is 0.368. The minimum Gasteiger partial charge on any atom is -0.437 e. The minimum absolute atomic E-state index is 0.0327. The predicted molar refractivity (Wildman–Crippen MR) is 224 cm³/mol. The lowest BCUT2D eigenvalue weighted by molar-refractivity contribution is 0.385. The van der Waals surface area contributed by atoms with E-state index in [0.717, 1.165) is 18.3 Å². The molecule has 2 aromatic carbocycles. The molecule has 55 heavy (non-hydrogen) atoms. The SMILES string of the molecule is C=CCn1c(=O)c2cc3c(=O)n(CCC[Si](C)(C)O[Si](C)(C)O[Si](C)(C)CCCn4c(=O)c5cc6c(=O)n(CC=C)c(=O)c6cc5c4=O)c(=O)c3cc2c1=O. The van der Waals surface area contributed by atoms with Crippen molar-refractivity contribution in [3.63, 3.8) is 0 Å². The Balaban J connectivity index is 1.08. The zero-order chi connectivity index (χ0) is 40.4. The first-order chi connectivity index (χ1) is 25.7. The molecule has 0 fully saturated rings. The third-order valence-corrected chi connectivity index (χ3v) is 21.6. The lowest BCUT2D eigenvalue weighted by atomic mass is 10.1. The average molecular weight is 801 g/mol. The van der Waals surface area contributed by atoms with E-state index in [1.165, 1.54) is 36.4 Å². The second-order valence-electron chi connectivity index (χ2n) is 15.8. The molecule has 4 heterocycles. The maximum absolute atomic E-state index is 13.3. The van der Waals surface area contributed by atoms with Gasteiger partial charge in [-0.3, -0.25) is 56.6 Å². The Morgan fingerprint density at radius 2 is 0.691 bits per heavy atom. The second kappa shape index (κ2) is 14.3. The zero-order valence-corrected chi connectivity index (χ0v) is 34.9. The van der Waals surface area contributed by atoms with Crippen LogP contribution in [-0.4, -0.2) is 43.5 Å². The lowest BCUT2D eigenvalue weighted by Gasteiger charge is -2.38. The van der Waals surface area contributed by atoms with Crippen LogP contribution in [0.25, 0.3) is 43.1 Å². The van der Waals surface area contributed by atoms with Crippen molar-refractivity contribution in [2.45, 2.75) is 90.4 Å². The summed E-state index contributed by atoms with van der Waals surface area (Å²) in [6.45, 7) is 19.8. The molecule has 0 amide bonds. The molecule has 14 nitrogen and oxygen atoms in total. The van der Waals surface area contributed by atoms with Crippen LogP contribution in [0.1, 0.15) is 12.8 Å². The predicted octanol–water partition coefficient (Wildman–Crippen LogP) is 3.14. The van der Waals surface area contributed by atoms with Crippen LogP contribution >= 0.6 is 0 Å². The highest BCUT2D eigenvalue weighted by Crippen LogP contribution is 2.27. The van der Waals surface area contributed by atoms with Gasteiger partial charge in [-0.1, -0.05) is 12.2 Å². The number of hydrogen-bond donors (Lipinski definition) is 0. The normalized spacial score (nSPS) is 12.9. The molecule has 0 saturated heterocycles. The first-order valence-electron chi connectivity index (χ1n) is 18.2. The van der Waals surface area contributed by atoms with Crippen LogP contribution in [0.5, 0.6) is 0 Å². The van der Waals surface area contributed by atoms with Crippen molar-refractivity contribution in [3.8, 4) is 0 Å². The Bertz CT molecular complexity index is 2630. The highest BCUT2D eigenvalue weighted by Gasteiger charge is 2.39. The summed E-state index contributed by atoms with van der Waals surface area (Å²) in [6.07, 6.45) is 3.87. The van der Waals surface area contributed by atoms with Gasteiger partial charge < -0.3 is 8.23 Å². The summed E-state index contributed by atoms with van der Waals surface area (Å²) in [5.74, 6) is 0. The Kier molecular flexibility index (Phi) is 10.3. The molecule has 0 aliphatic rings. The number of rotatable bonds is 16. The molecule has 17 heteroatoms. The van der Waals surface area contributed by atoms with Crippen LogP contribution in [0.2, 0.25) is 51.4 Å². The molecule has 0 aliphatic heterocycles. The van der Waals surface area contributed by atoms with E-state index < -0.39 is 69.7 Å². The summed E-state index contributed by atoms with van der Waals surface area (Å²) in [5.41, 5.74) is -4.07. The van der Waals surface area contributed by atoms with Gasteiger partial charge in [-0.25, -0.2) is 0 Å². The fourth-order valence-corrected chi connectivity index (χ4v) is 21.9. The van der Waals surface area contributed by atoms with Crippen LogP contribution in [0.15, 0.2) is 87.9 Å². The quantitative estimate of drug-likeness (QED) is 0.105. The van der Waals surface area contributed by atoms with Crippen LogP contribution in [0.4, 0.5) is 0 Å². The molecule has 0 unspecified atom stereocenters. The maximum atomic E-state index is 13.3. The number of hydrogen-bond acceptors (Lipinski definition) is 10. The summed E-state index contributed by atoms with van der Waals surface area (Å²) in [5, 5.41) is 0.878. The maximum Gasteiger partial charge on any atom is 0.311 e. The highest BCUT2D eigenvalue weighted by atomic mass is 28.5. The molecule has 6 aromatic rings. The summed E-state index contributed by atoms with van der Waals surface area (Å²) < 4.78 is 17.8. The second-order valence-corrected chi connectivity index (χ2v) is 28.2. The summed E-state index contributed by atoms with van der Waals surface area (Å²) >= 11 is 0. The van der Waals surface area contributed by atoms with Gasteiger partial charge in [0.25, 0.3) is 44.5 Å². The van der Waals surface area contributed by atoms with Crippen molar-refractivity contribution >= 4 is 68.3 Å². The molecule has 0 spiro atoms. The van der Waals surface area contributed by atoms with E-state index in [-0.39, 0.29) is 69.3 Å². The van der Waals surface area contributed by atoms with E-state index in [1.54, 1.807) is 0 Å². The van der Waals surface area contributed by atoms with E-state index in [9.17, 15) is 38.4 Å². The summed E-state index contributed by atoms with van der Waals surface area (Å²) in [7, 11) is -7.41. The van der Waals surface area contributed by atoms with Gasteiger partial charge in [0, 0.05) is 26.2 Å². The van der Waals surface area contributed by atoms with Gasteiger partial charge in [0.2, 0.25) is 0 Å². The first-order valence-corrected chi connectivity index (χ1v) is 27.2. The third kappa shape index (κ3) is 7.17. The van der Waals surface area contributed by atoms with E-state index in [0.29, 0.717) is 24.9 Å². The summed E-state index contributed by atoms with van der Waals surface area (Å²) in [4.78, 5) is 104. The van der Waals surface area contributed by atoms with Crippen molar-refractivity contribution in [2.24, 2.45) is 0 Å². The van der Waals surface area contributed by atoms with Gasteiger partial charge in [-0.2, -0.15) is 0 Å². The molecule has 0 aliphatic carbocycles. The fourth-order valence-electron chi connectivity index (χ4n) is 7.92. The third-order valence-electron chi connectivity index (χ3n) is 10.1. The van der Waals surface area contributed by atoms with E-state index in [4.69, 9.17) is 8.23 Å². The van der Waals surface area contributed by atoms with Crippen molar-refractivity contribution in [1.82, 2.24) is 18.3 Å². The molecule has 0 N–H and O–H groups in total. The number of allylic oxidation sites excluding steroid dienone is 2. The highest BCUT2D eigenvalue weighted by molar-refractivity contribution is 6.87. The van der Waals surface area contributed by atoms with E-state index >= 15 is 0 Å². The first kappa shape index (κ1) is 39.7. The molecule has 0 radical (unpaired) electrons. The van der Waals surface area contributed by atoms with Gasteiger partial charge in [-0.15, -0.1) is 13.2 Å². The molecular weight excluding hydrogens is 757 g/mol. The largest absolute Gasteiger partial charge is 0.437 e. The molecule has 0 bridgehead atoms. The molecule has 288 valence electrons. The van der Waals surface area contributed by atoms with Crippen LogP contribution in [0.3, 0.4) is 0 Å². The van der Waals surface area contributed by atoms with Crippen molar-refractivity contribution in [3.05, 3.63) is 132 Å². The van der Waals surface area contributed by atoms with Gasteiger partial charge in [-0.05, 0) is 88.5 Å². The van der Waals surface area contributed by atoms with Gasteiger partial charge in [0.15, 0.2) is 16.6 Å². The van der Waals surface area contributed by atoms with Crippen molar-refractivity contribution < 1.29 is 8.23 Å². The Morgan fingerprint density at radius 3 is 0.927 bits per heavy atom. The minimum atomic E-state index is -2.68. The van der Waals surface area contributed by atoms with E-state index in [1.807, 2.05) is 13.1 Å². The van der Waals surface area contributed by atoms with Gasteiger partial charge in [0.05, 0.1) is 43.1 Å². The van der Waals surface area contributed by atoms with Gasteiger partial charge in [0.1, 0.15) is 0 Å². The van der Waals surface area contributed by atoms with Crippen molar-refractivity contribution in [2.75, 3.05) is 0 Å². The zero-order valence-electron chi connectivity index (χ0n) is 31.9. The topological polar surface area (TPSA) is 175 Å². The molecule has 6 rings (SSSR count).